The Morgan fingerprint density at radius 1 is 0.862 bits per heavy atom. The van der Waals surface area contributed by atoms with E-state index in [4.69, 9.17) is 0 Å². The van der Waals surface area contributed by atoms with Gasteiger partial charge in [0.2, 0.25) is 0 Å². The summed E-state index contributed by atoms with van der Waals surface area (Å²) in [5.74, 6) is -0.411. The standard InChI is InChI=1S/C25H24N2O2/c1-18(2)25(26-23(28)20-14-8-4-9-15-20)22(19-12-6-3-7-13-19)27(24(25)29)21-16-10-5-11-17-21/h3-18,22H,1-2H3,(H,26,28)/t22-,25-/m1/s1. The van der Waals surface area contributed by atoms with Gasteiger partial charge >= 0.3 is 0 Å². The van der Waals surface area contributed by atoms with Gasteiger partial charge in [0.25, 0.3) is 11.8 Å². The number of nitrogens with zero attached hydrogens (tertiary/aromatic N) is 1. The average Bonchev–Trinajstić information content (AvgIpc) is 2.76. The molecule has 3 aromatic rings. The maximum absolute atomic E-state index is 13.6. The van der Waals surface area contributed by atoms with E-state index in [1.807, 2.05) is 92.7 Å². The van der Waals surface area contributed by atoms with Gasteiger partial charge in [-0.2, -0.15) is 0 Å². The molecule has 29 heavy (non-hydrogen) atoms. The smallest absolute Gasteiger partial charge is 0.256 e. The van der Waals surface area contributed by atoms with Gasteiger partial charge in [-0.25, -0.2) is 0 Å². The predicted octanol–water partition coefficient (Wildman–Crippen LogP) is 4.60. The van der Waals surface area contributed by atoms with Crippen molar-refractivity contribution in [3.8, 4) is 0 Å². The lowest BCUT2D eigenvalue weighted by molar-refractivity contribution is -0.137. The Balaban J connectivity index is 1.79. The second-order valence-electron chi connectivity index (χ2n) is 7.67. The van der Waals surface area contributed by atoms with Crippen LogP contribution in [0.1, 0.15) is 35.8 Å². The Morgan fingerprint density at radius 3 is 1.93 bits per heavy atom. The van der Waals surface area contributed by atoms with E-state index >= 15 is 0 Å². The molecule has 1 aliphatic rings. The van der Waals surface area contributed by atoms with E-state index < -0.39 is 5.54 Å². The van der Waals surface area contributed by atoms with E-state index in [0.29, 0.717) is 5.56 Å². The normalized spacial score (nSPS) is 21.0. The Morgan fingerprint density at radius 2 is 1.38 bits per heavy atom. The third-order valence-corrected chi connectivity index (χ3v) is 5.68. The number of benzene rings is 3. The van der Waals surface area contributed by atoms with Gasteiger partial charge in [-0.05, 0) is 35.7 Å². The van der Waals surface area contributed by atoms with Gasteiger partial charge in [-0.15, -0.1) is 0 Å². The number of nitrogens with one attached hydrogen (secondary N) is 1. The molecule has 4 heteroatoms. The van der Waals surface area contributed by atoms with Gasteiger partial charge in [0, 0.05) is 11.3 Å². The lowest BCUT2D eigenvalue weighted by atomic mass is 9.67. The third-order valence-electron chi connectivity index (χ3n) is 5.68. The van der Waals surface area contributed by atoms with Crippen molar-refractivity contribution in [2.75, 3.05) is 4.90 Å². The topological polar surface area (TPSA) is 49.4 Å². The van der Waals surface area contributed by atoms with Gasteiger partial charge in [0.1, 0.15) is 5.54 Å². The lowest BCUT2D eigenvalue weighted by Crippen LogP contribution is -2.78. The monoisotopic (exact) mass is 384 g/mol. The van der Waals surface area contributed by atoms with Crippen LogP contribution in [0.5, 0.6) is 0 Å². The van der Waals surface area contributed by atoms with Crippen LogP contribution >= 0.6 is 0 Å². The zero-order chi connectivity index (χ0) is 20.4. The molecular weight excluding hydrogens is 360 g/mol. The van der Waals surface area contributed by atoms with Crippen molar-refractivity contribution >= 4 is 17.5 Å². The Kier molecular flexibility index (Phi) is 4.93. The van der Waals surface area contributed by atoms with Crippen LogP contribution in [0, 0.1) is 5.92 Å². The highest BCUT2D eigenvalue weighted by Gasteiger charge is 2.64. The quantitative estimate of drug-likeness (QED) is 0.654. The van der Waals surface area contributed by atoms with E-state index in [1.54, 1.807) is 17.0 Å². The fraction of sp³-hybridized carbons (Fsp3) is 0.200. The van der Waals surface area contributed by atoms with Crippen LogP contribution in [0.2, 0.25) is 0 Å². The first kappa shape index (κ1) is 18.9. The molecule has 1 aliphatic heterocycles. The van der Waals surface area contributed by atoms with Gasteiger partial charge < -0.3 is 5.32 Å². The van der Waals surface area contributed by atoms with Gasteiger partial charge in [0.05, 0.1) is 6.04 Å². The van der Waals surface area contributed by atoms with Crippen molar-refractivity contribution in [3.05, 3.63) is 102 Å². The predicted molar refractivity (Wildman–Crippen MR) is 115 cm³/mol. The highest BCUT2D eigenvalue weighted by molar-refractivity contribution is 6.12. The fourth-order valence-electron chi connectivity index (χ4n) is 4.15. The van der Waals surface area contributed by atoms with Crippen LogP contribution in [0.15, 0.2) is 91.0 Å². The first-order valence-electron chi connectivity index (χ1n) is 9.87. The number of hydrogen-bond acceptors (Lipinski definition) is 2. The Bertz CT molecular complexity index is 1000. The van der Waals surface area contributed by atoms with Gasteiger partial charge in [-0.1, -0.05) is 80.6 Å². The fourth-order valence-corrected chi connectivity index (χ4v) is 4.15. The van der Waals surface area contributed by atoms with Crippen LogP contribution < -0.4 is 10.2 Å². The van der Waals surface area contributed by atoms with Crippen molar-refractivity contribution in [2.24, 2.45) is 5.92 Å². The van der Waals surface area contributed by atoms with Crippen molar-refractivity contribution in [1.82, 2.24) is 5.32 Å². The second-order valence-corrected chi connectivity index (χ2v) is 7.67. The molecule has 1 heterocycles. The van der Waals surface area contributed by atoms with E-state index in [9.17, 15) is 9.59 Å². The lowest BCUT2D eigenvalue weighted by Gasteiger charge is -2.58. The summed E-state index contributed by atoms with van der Waals surface area (Å²) in [4.78, 5) is 28.4. The summed E-state index contributed by atoms with van der Waals surface area (Å²) in [6, 6.07) is 28.3. The first-order chi connectivity index (χ1) is 14.1. The molecule has 4 nitrogen and oxygen atoms in total. The Labute approximate surface area is 171 Å². The number of carbonyl (C=O) groups excluding carboxylic acids is 2. The molecule has 146 valence electrons. The molecule has 0 unspecified atom stereocenters. The molecule has 0 radical (unpaired) electrons. The van der Waals surface area contributed by atoms with Gasteiger partial charge in [0.15, 0.2) is 0 Å². The summed E-state index contributed by atoms with van der Waals surface area (Å²) in [5, 5.41) is 3.11. The molecule has 0 bridgehead atoms. The van der Waals surface area contributed by atoms with Crippen molar-refractivity contribution < 1.29 is 9.59 Å². The number of amides is 2. The number of β-lactam (4-membered cyclic amide) rings is 1. The molecule has 0 aliphatic carbocycles. The van der Waals surface area contributed by atoms with E-state index in [1.165, 1.54) is 0 Å². The summed E-state index contributed by atoms with van der Waals surface area (Å²) >= 11 is 0. The maximum atomic E-state index is 13.6. The molecule has 3 aromatic carbocycles. The molecule has 1 saturated heterocycles. The zero-order valence-corrected chi connectivity index (χ0v) is 16.6. The van der Waals surface area contributed by atoms with E-state index in [-0.39, 0.29) is 23.8 Å². The zero-order valence-electron chi connectivity index (χ0n) is 16.6. The van der Waals surface area contributed by atoms with Crippen molar-refractivity contribution in [2.45, 2.75) is 25.4 Å². The maximum Gasteiger partial charge on any atom is 0.256 e. The highest BCUT2D eigenvalue weighted by atomic mass is 16.2. The largest absolute Gasteiger partial charge is 0.335 e. The van der Waals surface area contributed by atoms with Crippen molar-refractivity contribution in [3.63, 3.8) is 0 Å². The summed E-state index contributed by atoms with van der Waals surface area (Å²) in [6.07, 6.45) is 0. The molecule has 0 aromatic heterocycles. The minimum atomic E-state index is -1.01. The van der Waals surface area contributed by atoms with E-state index in [0.717, 1.165) is 11.3 Å². The summed E-state index contributed by atoms with van der Waals surface area (Å²) in [5.41, 5.74) is 1.37. The second kappa shape index (κ2) is 7.55. The molecule has 1 fully saturated rings. The minimum Gasteiger partial charge on any atom is -0.335 e. The van der Waals surface area contributed by atoms with Gasteiger partial charge in [-0.3, -0.25) is 14.5 Å². The molecular formula is C25H24N2O2. The highest BCUT2D eigenvalue weighted by Crippen LogP contribution is 2.50. The first-order valence-corrected chi connectivity index (χ1v) is 9.87. The number of carbonyl (C=O) groups is 2. The number of para-hydroxylation sites is 1. The van der Waals surface area contributed by atoms with E-state index in [2.05, 4.69) is 5.32 Å². The summed E-state index contributed by atoms with van der Waals surface area (Å²) in [7, 11) is 0. The molecule has 4 rings (SSSR count). The number of anilines is 1. The van der Waals surface area contributed by atoms with Crippen LogP contribution in [0.3, 0.4) is 0 Å². The Hall–Kier alpha value is -3.40. The van der Waals surface area contributed by atoms with Crippen LogP contribution in [-0.2, 0) is 4.79 Å². The average molecular weight is 384 g/mol. The summed E-state index contributed by atoms with van der Waals surface area (Å²) < 4.78 is 0. The number of hydrogen-bond donors (Lipinski definition) is 1. The molecule has 0 spiro atoms. The molecule has 0 saturated carbocycles. The number of rotatable bonds is 5. The SMILES string of the molecule is CC(C)[C@]1(NC(=O)c2ccccc2)C(=O)N(c2ccccc2)[C@@H]1c1ccccc1. The molecule has 2 amide bonds. The van der Waals surface area contributed by atoms with Crippen LogP contribution in [0.4, 0.5) is 5.69 Å². The van der Waals surface area contributed by atoms with Crippen LogP contribution in [0.25, 0.3) is 0 Å². The van der Waals surface area contributed by atoms with Crippen molar-refractivity contribution in [1.29, 1.82) is 0 Å². The minimum absolute atomic E-state index is 0.0863. The molecule has 2 atom stereocenters. The van der Waals surface area contributed by atoms with Crippen LogP contribution in [-0.4, -0.2) is 17.4 Å². The summed E-state index contributed by atoms with van der Waals surface area (Å²) in [6.45, 7) is 3.98. The third kappa shape index (κ3) is 3.11. The molecule has 1 N–H and O–H groups in total.